The lowest BCUT2D eigenvalue weighted by atomic mass is 10.00. The van der Waals surface area contributed by atoms with Crippen LogP contribution in [0.25, 0.3) is 28.1 Å². The summed E-state index contributed by atoms with van der Waals surface area (Å²) in [6.07, 6.45) is -1.42. The molecule has 0 unspecified atom stereocenters. The minimum Gasteiger partial charge on any atom is -0.449 e. The number of hydrogen-bond acceptors (Lipinski definition) is 5. The fourth-order valence-electron chi connectivity index (χ4n) is 3.41. The lowest BCUT2D eigenvalue weighted by molar-refractivity contribution is -0.141. The summed E-state index contributed by atoms with van der Waals surface area (Å²) >= 11 is 0. The van der Waals surface area contributed by atoms with Gasteiger partial charge >= 0.3 is 6.18 Å². The average molecular weight is 479 g/mol. The number of halogens is 4. The summed E-state index contributed by atoms with van der Waals surface area (Å²) in [5.41, 5.74) is 0.741. The van der Waals surface area contributed by atoms with Crippen LogP contribution in [-0.2, 0) is 16.0 Å². The minimum atomic E-state index is -4.62. The van der Waals surface area contributed by atoms with Crippen LogP contribution in [0.4, 0.5) is 17.6 Å². The van der Waals surface area contributed by atoms with E-state index in [1.165, 1.54) is 36.0 Å². The molecule has 2 heterocycles. The van der Waals surface area contributed by atoms with E-state index >= 15 is 0 Å². The molecule has 0 amide bonds. The van der Waals surface area contributed by atoms with E-state index in [4.69, 9.17) is 4.42 Å². The number of aromatic nitrogens is 3. The minimum absolute atomic E-state index is 0.0988. The van der Waals surface area contributed by atoms with Crippen molar-refractivity contribution < 1.29 is 30.4 Å². The number of sulfone groups is 1. The Hall–Kier alpha value is -3.47. The van der Waals surface area contributed by atoms with E-state index in [0.717, 1.165) is 18.5 Å². The second-order valence-electron chi connectivity index (χ2n) is 7.47. The first kappa shape index (κ1) is 22.7. The van der Waals surface area contributed by atoms with Gasteiger partial charge in [0, 0.05) is 24.9 Å². The van der Waals surface area contributed by atoms with Crippen molar-refractivity contribution in [1.29, 1.82) is 0 Å². The Balaban J connectivity index is 1.94. The van der Waals surface area contributed by atoms with Crippen LogP contribution < -0.4 is 0 Å². The van der Waals surface area contributed by atoms with Gasteiger partial charge in [-0.25, -0.2) is 22.8 Å². The summed E-state index contributed by atoms with van der Waals surface area (Å²) in [7, 11) is -3.67. The van der Waals surface area contributed by atoms with Gasteiger partial charge in [0.2, 0.25) is 0 Å². The molecule has 0 radical (unpaired) electrons. The normalized spacial score (nSPS) is 12.3. The highest BCUT2D eigenvalue weighted by Gasteiger charge is 2.34. The summed E-state index contributed by atoms with van der Waals surface area (Å²) in [6.45, 7) is 3.05. The third-order valence-corrected chi connectivity index (χ3v) is 6.05. The molecule has 4 rings (SSSR count). The first-order valence-corrected chi connectivity index (χ1v) is 11.4. The van der Waals surface area contributed by atoms with Gasteiger partial charge in [0.1, 0.15) is 23.6 Å². The first-order valence-electron chi connectivity index (χ1n) is 9.54. The average Bonchev–Trinajstić information content (AvgIpc) is 3.32. The highest BCUT2D eigenvalue weighted by molar-refractivity contribution is 7.90. The van der Waals surface area contributed by atoms with Crippen LogP contribution >= 0.6 is 0 Å². The summed E-state index contributed by atoms with van der Waals surface area (Å²) in [5, 5.41) is 0. The molecule has 0 saturated carbocycles. The monoisotopic (exact) mass is 479 g/mol. The zero-order chi connectivity index (χ0) is 24.1. The topological polar surface area (TPSA) is 78.0 Å². The van der Waals surface area contributed by atoms with Crippen LogP contribution in [0.2, 0.25) is 0 Å². The lowest BCUT2D eigenvalue weighted by Crippen LogP contribution is -2.05. The zero-order valence-corrected chi connectivity index (χ0v) is 18.4. The molecule has 0 N–H and O–H groups in total. The Morgan fingerprint density at radius 2 is 1.73 bits per heavy atom. The maximum absolute atomic E-state index is 14.2. The smallest absolute Gasteiger partial charge is 0.434 e. The molecule has 0 aliphatic rings. The summed E-state index contributed by atoms with van der Waals surface area (Å²) in [6, 6.07) is 8.10. The van der Waals surface area contributed by atoms with E-state index in [0.29, 0.717) is 28.4 Å². The van der Waals surface area contributed by atoms with E-state index in [1.807, 2.05) is 0 Å². The maximum Gasteiger partial charge on any atom is 0.434 e. The molecule has 11 heteroatoms. The van der Waals surface area contributed by atoms with Crippen LogP contribution in [0, 0.1) is 19.7 Å². The van der Waals surface area contributed by atoms with E-state index in [9.17, 15) is 26.0 Å². The molecule has 0 saturated heterocycles. The molecule has 0 spiro atoms. The van der Waals surface area contributed by atoms with Crippen molar-refractivity contribution in [2.45, 2.75) is 24.9 Å². The number of aryl methyl sites for hydroxylation is 2. The Bertz CT molecular complexity index is 1470. The fraction of sp³-hybridized carbons (Fsp3) is 0.182. The largest absolute Gasteiger partial charge is 0.449 e. The lowest BCUT2D eigenvalue weighted by Gasteiger charge is -2.13. The van der Waals surface area contributed by atoms with Crippen LogP contribution in [0.15, 0.2) is 58.2 Å². The van der Waals surface area contributed by atoms with Gasteiger partial charge in [-0.05, 0) is 48.4 Å². The predicted octanol–water partition coefficient (Wildman–Crippen LogP) is 5.37. The number of rotatable bonds is 4. The second-order valence-corrected chi connectivity index (χ2v) is 9.49. The number of nitrogens with zero attached hydrogens (tertiary/aromatic N) is 3. The Kier molecular flexibility index (Phi) is 5.39. The molecule has 0 aliphatic heterocycles. The van der Waals surface area contributed by atoms with Gasteiger partial charge < -0.3 is 8.98 Å². The molecule has 0 fully saturated rings. The standard InChI is InChI=1S/C22H17F4N3O3S/c1-12-27-21(22(24,25)26)10-29(12)20-5-4-14(8-18(20)19-11-32-13(2)28-19)15-6-16(23)9-17(7-15)33(3,30)31/h4-11H,1-3H3. The van der Waals surface area contributed by atoms with Gasteiger partial charge in [0.15, 0.2) is 21.4 Å². The van der Waals surface area contributed by atoms with Crippen molar-refractivity contribution in [2.24, 2.45) is 0 Å². The number of oxazole rings is 1. The molecule has 6 nitrogen and oxygen atoms in total. The second kappa shape index (κ2) is 7.84. The molecule has 0 bridgehead atoms. The highest BCUT2D eigenvalue weighted by atomic mass is 32.2. The molecule has 0 atom stereocenters. The quantitative estimate of drug-likeness (QED) is 0.368. The van der Waals surface area contributed by atoms with E-state index < -0.39 is 27.5 Å². The van der Waals surface area contributed by atoms with E-state index in [-0.39, 0.29) is 16.3 Å². The SMILES string of the molecule is Cc1nc(-c2cc(-c3cc(F)cc(S(C)(=O)=O)c3)ccc2-n2cc(C(F)(F)F)nc2C)co1. The zero-order valence-electron chi connectivity index (χ0n) is 17.6. The molecular formula is C22H17F4N3O3S. The van der Waals surface area contributed by atoms with Gasteiger partial charge in [-0.15, -0.1) is 0 Å². The Morgan fingerprint density at radius 1 is 1.00 bits per heavy atom. The van der Waals surface area contributed by atoms with E-state index in [2.05, 4.69) is 9.97 Å². The molecule has 2 aromatic heterocycles. The molecule has 2 aromatic carbocycles. The predicted molar refractivity (Wildman–Crippen MR) is 112 cm³/mol. The third-order valence-electron chi connectivity index (χ3n) is 4.96. The van der Waals surface area contributed by atoms with Gasteiger partial charge in [-0.1, -0.05) is 6.07 Å². The molecule has 172 valence electrons. The van der Waals surface area contributed by atoms with Gasteiger partial charge in [-0.2, -0.15) is 13.2 Å². The van der Waals surface area contributed by atoms with Crippen molar-refractivity contribution in [3.8, 4) is 28.1 Å². The molecule has 4 aromatic rings. The molecular weight excluding hydrogens is 462 g/mol. The van der Waals surface area contributed by atoms with Crippen molar-refractivity contribution in [1.82, 2.24) is 14.5 Å². The fourth-order valence-corrected chi connectivity index (χ4v) is 4.08. The van der Waals surface area contributed by atoms with Crippen LogP contribution in [0.1, 0.15) is 17.4 Å². The highest BCUT2D eigenvalue weighted by Crippen LogP contribution is 2.35. The Labute approximate surface area is 186 Å². The maximum atomic E-state index is 14.2. The van der Waals surface area contributed by atoms with Crippen LogP contribution in [0.3, 0.4) is 0 Å². The van der Waals surface area contributed by atoms with Crippen molar-refractivity contribution in [2.75, 3.05) is 6.26 Å². The van der Waals surface area contributed by atoms with Gasteiger partial charge in [0.05, 0.1) is 10.6 Å². The summed E-state index contributed by atoms with van der Waals surface area (Å²) in [5.74, 6) is -0.303. The molecule has 33 heavy (non-hydrogen) atoms. The van der Waals surface area contributed by atoms with Crippen LogP contribution in [0.5, 0.6) is 0 Å². The van der Waals surface area contributed by atoms with Gasteiger partial charge in [-0.3, -0.25) is 0 Å². The number of benzene rings is 2. The van der Waals surface area contributed by atoms with Crippen molar-refractivity contribution >= 4 is 9.84 Å². The summed E-state index contributed by atoms with van der Waals surface area (Å²) in [4.78, 5) is 7.68. The van der Waals surface area contributed by atoms with E-state index in [1.54, 1.807) is 19.1 Å². The number of imidazole rings is 1. The van der Waals surface area contributed by atoms with Crippen molar-refractivity contribution in [3.63, 3.8) is 0 Å². The Morgan fingerprint density at radius 3 is 2.30 bits per heavy atom. The third kappa shape index (κ3) is 4.54. The van der Waals surface area contributed by atoms with Gasteiger partial charge in [0.25, 0.3) is 0 Å². The van der Waals surface area contributed by atoms with Crippen molar-refractivity contribution in [3.05, 3.63) is 72.1 Å². The van der Waals surface area contributed by atoms with Crippen LogP contribution in [-0.4, -0.2) is 29.2 Å². The first-order chi connectivity index (χ1) is 15.3. The number of hydrogen-bond donors (Lipinski definition) is 0. The summed E-state index contributed by atoms with van der Waals surface area (Å²) < 4.78 is 84.2. The number of alkyl halides is 3. The molecule has 0 aliphatic carbocycles.